The van der Waals surface area contributed by atoms with Crippen LogP contribution in [0, 0.1) is 18.8 Å². The molecule has 0 unspecified atom stereocenters. The third kappa shape index (κ3) is 6.55. The topological polar surface area (TPSA) is 89.0 Å². The lowest BCUT2D eigenvalue weighted by Gasteiger charge is -2.12. The molecule has 7 heteroatoms. The summed E-state index contributed by atoms with van der Waals surface area (Å²) in [6.45, 7) is 4.38. The van der Waals surface area contributed by atoms with Crippen LogP contribution in [-0.4, -0.2) is 27.4 Å². The number of benzene rings is 2. The average Bonchev–Trinajstić information content (AvgIpc) is 2.88. The summed E-state index contributed by atoms with van der Waals surface area (Å²) >= 11 is 0. The lowest BCUT2D eigenvalue weighted by atomic mass is 10.1. The minimum atomic E-state index is 0.0340. The van der Waals surface area contributed by atoms with Crippen molar-refractivity contribution in [2.75, 3.05) is 11.9 Å². The molecule has 0 bridgehead atoms. The summed E-state index contributed by atoms with van der Waals surface area (Å²) in [6.07, 6.45) is 7.35. The molecule has 2 heterocycles. The van der Waals surface area contributed by atoms with Gasteiger partial charge >= 0.3 is 0 Å². The second kappa shape index (κ2) is 11.6. The first-order valence-corrected chi connectivity index (χ1v) is 11.6. The summed E-state index contributed by atoms with van der Waals surface area (Å²) in [5.74, 6) is 8.29. The molecule has 0 spiro atoms. The standard InChI is InChI=1S/C28H27N5O2/c1-3-4-9-27(34)30-15-5-7-21-10-12-25-24(17-21)28(32-19-31-25)33-22-11-13-26(20(2)16-22)35-23-8-6-14-29-18-23/h6,8,10-14,16-19H,3-4,9,15H2,1-2H3,(H,30,34)(H,31,32,33). The zero-order chi connectivity index (χ0) is 24.5. The summed E-state index contributed by atoms with van der Waals surface area (Å²) < 4.78 is 5.92. The molecule has 1 amide bonds. The summed E-state index contributed by atoms with van der Waals surface area (Å²) in [5.41, 5.74) is 3.50. The van der Waals surface area contributed by atoms with Gasteiger partial charge in [0.15, 0.2) is 0 Å². The zero-order valence-corrected chi connectivity index (χ0v) is 19.8. The van der Waals surface area contributed by atoms with Gasteiger partial charge in [-0.1, -0.05) is 25.2 Å². The number of nitrogens with zero attached hydrogens (tertiary/aromatic N) is 3. The van der Waals surface area contributed by atoms with Gasteiger partial charge < -0.3 is 15.4 Å². The number of pyridine rings is 1. The number of hydrogen-bond acceptors (Lipinski definition) is 6. The van der Waals surface area contributed by atoms with Crippen LogP contribution in [0.1, 0.15) is 37.3 Å². The van der Waals surface area contributed by atoms with Gasteiger partial charge in [-0.3, -0.25) is 9.78 Å². The summed E-state index contributed by atoms with van der Waals surface area (Å²) in [7, 11) is 0. The first-order chi connectivity index (χ1) is 17.1. The van der Waals surface area contributed by atoms with E-state index in [0.717, 1.165) is 46.3 Å². The van der Waals surface area contributed by atoms with Crippen molar-refractivity contribution in [2.24, 2.45) is 0 Å². The van der Waals surface area contributed by atoms with Gasteiger partial charge in [0.05, 0.1) is 18.3 Å². The van der Waals surface area contributed by atoms with Crippen LogP contribution in [0.4, 0.5) is 11.5 Å². The monoisotopic (exact) mass is 465 g/mol. The molecule has 0 saturated heterocycles. The molecule has 4 rings (SSSR count). The summed E-state index contributed by atoms with van der Waals surface area (Å²) in [6, 6.07) is 15.4. The molecule has 2 aromatic carbocycles. The second-order valence-corrected chi connectivity index (χ2v) is 8.03. The minimum absolute atomic E-state index is 0.0340. The quantitative estimate of drug-likeness (QED) is 0.333. The maximum absolute atomic E-state index is 11.7. The van der Waals surface area contributed by atoms with E-state index in [1.165, 1.54) is 6.33 Å². The minimum Gasteiger partial charge on any atom is -0.455 e. The second-order valence-electron chi connectivity index (χ2n) is 8.03. The third-order valence-corrected chi connectivity index (χ3v) is 5.30. The molecule has 0 saturated carbocycles. The number of nitrogens with one attached hydrogen (secondary N) is 2. The molecule has 0 atom stereocenters. The maximum Gasteiger partial charge on any atom is 0.220 e. The van der Waals surface area contributed by atoms with Crippen LogP contribution >= 0.6 is 0 Å². The summed E-state index contributed by atoms with van der Waals surface area (Å²) in [4.78, 5) is 24.6. The van der Waals surface area contributed by atoms with Gasteiger partial charge in [-0.25, -0.2) is 9.97 Å². The van der Waals surface area contributed by atoms with Crippen LogP contribution < -0.4 is 15.4 Å². The predicted molar refractivity (Wildman–Crippen MR) is 138 cm³/mol. The molecule has 176 valence electrons. The molecule has 2 aromatic heterocycles. The van der Waals surface area contributed by atoms with Crippen molar-refractivity contribution in [1.29, 1.82) is 0 Å². The fourth-order valence-corrected chi connectivity index (χ4v) is 3.46. The largest absolute Gasteiger partial charge is 0.455 e. The van der Waals surface area contributed by atoms with Gasteiger partial charge in [-0.2, -0.15) is 0 Å². The highest BCUT2D eigenvalue weighted by Crippen LogP contribution is 2.29. The molecular formula is C28H27N5O2. The highest BCUT2D eigenvalue weighted by atomic mass is 16.5. The molecule has 4 aromatic rings. The van der Waals surface area contributed by atoms with Gasteiger partial charge in [0.1, 0.15) is 23.6 Å². The van der Waals surface area contributed by atoms with Crippen molar-refractivity contribution < 1.29 is 9.53 Å². The Hall–Kier alpha value is -4.44. The number of carbonyl (C=O) groups is 1. The smallest absolute Gasteiger partial charge is 0.220 e. The number of anilines is 2. The first-order valence-electron chi connectivity index (χ1n) is 11.6. The van der Waals surface area contributed by atoms with Gasteiger partial charge in [-0.15, -0.1) is 0 Å². The van der Waals surface area contributed by atoms with Crippen LogP contribution in [0.15, 0.2) is 67.3 Å². The lowest BCUT2D eigenvalue weighted by Crippen LogP contribution is -2.22. The van der Waals surface area contributed by atoms with Gasteiger partial charge in [0.2, 0.25) is 5.91 Å². The van der Waals surface area contributed by atoms with E-state index in [-0.39, 0.29) is 5.91 Å². The van der Waals surface area contributed by atoms with Crippen LogP contribution in [-0.2, 0) is 4.79 Å². The van der Waals surface area contributed by atoms with Crippen molar-refractivity contribution in [3.8, 4) is 23.3 Å². The molecular weight excluding hydrogens is 438 g/mol. The van der Waals surface area contributed by atoms with Crippen molar-refractivity contribution in [2.45, 2.75) is 33.1 Å². The molecule has 2 N–H and O–H groups in total. The van der Waals surface area contributed by atoms with Gasteiger partial charge in [0.25, 0.3) is 0 Å². The number of ether oxygens (including phenoxy) is 1. The van der Waals surface area contributed by atoms with Crippen molar-refractivity contribution in [1.82, 2.24) is 20.3 Å². The average molecular weight is 466 g/mol. The predicted octanol–water partition coefficient (Wildman–Crippen LogP) is 5.53. The molecule has 0 aliphatic rings. The van der Waals surface area contributed by atoms with Crippen LogP contribution in [0.5, 0.6) is 11.5 Å². The molecule has 0 radical (unpaired) electrons. The Balaban J connectivity index is 1.48. The van der Waals surface area contributed by atoms with Crippen molar-refractivity contribution in [3.05, 3.63) is 78.4 Å². The highest BCUT2D eigenvalue weighted by Gasteiger charge is 2.08. The van der Waals surface area contributed by atoms with Crippen LogP contribution in [0.25, 0.3) is 10.9 Å². The van der Waals surface area contributed by atoms with E-state index in [1.807, 2.05) is 55.5 Å². The fraction of sp³-hybridized carbons (Fsp3) is 0.214. The Morgan fingerprint density at radius 2 is 2.03 bits per heavy atom. The van der Waals surface area contributed by atoms with E-state index in [0.29, 0.717) is 24.5 Å². The number of hydrogen-bond donors (Lipinski definition) is 2. The Labute approximate surface area is 205 Å². The number of aromatic nitrogens is 3. The number of carbonyl (C=O) groups excluding carboxylic acids is 1. The number of rotatable bonds is 8. The number of amides is 1. The fourth-order valence-electron chi connectivity index (χ4n) is 3.46. The van der Waals surface area contributed by atoms with E-state index < -0.39 is 0 Å². The molecule has 0 fully saturated rings. The van der Waals surface area contributed by atoms with Crippen molar-refractivity contribution >= 4 is 28.3 Å². The number of fused-ring (bicyclic) bond motifs is 1. The van der Waals surface area contributed by atoms with Crippen LogP contribution in [0.2, 0.25) is 0 Å². The first kappa shape index (κ1) is 23.7. The molecule has 0 aliphatic carbocycles. The normalized spacial score (nSPS) is 10.3. The molecule has 35 heavy (non-hydrogen) atoms. The molecule has 7 nitrogen and oxygen atoms in total. The van der Waals surface area contributed by atoms with Crippen molar-refractivity contribution in [3.63, 3.8) is 0 Å². The number of unbranched alkanes of at least 4 members (excludes halogenated alkanes) is 1. The van der Waals surface area contributed by atoms with Crippen LogP contribution in [0.3, 0.4) is 0 Å². The van der Waals surface area contributed by atoms with Gasteiger partial charge in [0, 0.05) is 29.3 Å². The van der Waals surface area contributed by atoms with E-state index in [2.05, 4.69) is 44.4 Å². The Bertz CT molecular complexity index is 1380. The Kier molecular flexibility index (Phi) is 7.87. The van der Waals surface area contributed by atoms with E-state index in [4.69, 9.17) is 4.74 Å². The lowest BCUT2D eigenvalue weighted by molar-refractivity contribution is -0.120. The highest BCUT2D eigenvalue weighted by molar-refractivity contribution is 5.91. The number of aryl methyl sites for hydroxylation is 1. The third-order valence-electron chi connectivity index (χ3n) is 5.30. The zero-order valence-electron chi connectivity index (χ0n) is 19.8. The van der Waals surface area contributed by atoms with Gasteiger partial charge in [-0.05, 0) is 67.4 Å². The Morgan fingerprint density at radius 3 is 2.83 bits per heavy atom. The van der Waals surface area contributed by atoms with E-state index >= 15 is 0 Å². The van der Waals surface area contributed by atoms with E-state index in [9.17, 15) is 4.79 Å². The summed E-state index contributed by atoms with van der Waals surface area (Å²) in [5, 5.41) is 7.07. The van der Waals surface area contributed by atoms with E-state index in [1.54, 1.807) is 12.4 Å². The Morgan fingerprint density at radius 1 is 1.11 bits per heavy atom. The maximum atomic E-state index is 11.7. The molecule has 0 aliphatic heterocycles. The SMILES string of the molecule is CCCCC(=O)NCC#Cc1ccc2ncnc(Nc3ccc(Oc4cccnc4)c(C)c3)c2c1.